The molecule has 1 aromatic carbocycles. The summed E-state index contributed by atoms with van der Waals surface area (Å²) in [5.41, 5.74) is 4.88. The first-order valence-corrected chi connectivity index (χ1v) is 8.32. The predicted octanol–water partition coefficient (Wildman–Crippen LogP) is 2.13. The molecule has 1 aromatic heterocycles. The third-order valence-electron chi connectivity index (χ3n) is 4.80. The molecule has 1 amide bonds. The van der Waals surface area contributed by atoms with E-state index < -0.39 is 0 Å². The molecule has 0 saturated carbocycles. The number of rotatable bonds is 3. The summed E-state index contributed by atoms with van der Waals surface area (Å²) >= 11 is 0. The maximum absolute atomic E-state index is 11.7. The molecule has 0 fully saturated rings. The van der Waals surface area contributed by atoms with Crippen LogP contribution in [0.25, 0.3) is 0 Å². The van der Waals surface area contributed by atoms with Gasteiger partial charge in [0.25, 0.3) is 0 Å². The average Bonchev–Trinajstić information content (AvgIpc) is 3.02. The van der Waals surface area contributed by atoms with Gasteiger partial charge in [0.1, 0.15) is 0 Å². The third kappa shape index (κ3) is 2.77. The van der Waals surface area contributed by atoms with Crippen LogP contribution in [-0.4, -0.2) is 33.4 Å². The zero-order chi connectivity index (χ0) is 16.5. The second-order valence-electron chi connectivity index (χ2n) is 6.40. The summed E-state index contributed by atoms with van der Waals surface area (Å²) in [5, 5.41) is 3.46. The minimum absolute atomic E-state index is 0.0356. The van der Waals surface area contributed by atoms with Gasteiger partial charge >= 0.3 is 0 Å². The van der Waals surface area contributed by atoms with Crippen molar-refractivity contribution in [3.05, 3.63) is 65.5 Å². The van der Waals surface area contributed by atoms with Crippen molar-refractivity contribution >= 4 is 11.9 Å². The maximum atomic E-state index is 11.7. The zero-order valence-electron chi connectivity index (χ0n) is 13.5. The molecule has 122 valence electrons. The van der Waals surface area contributed by atoms with Gasteiger partial charge in [0.2, 0.25) is 11.9 Å². The topological polar surface area (TPSA) is 58.1 Å². The fourth-order valence-corrected chi connectivity index (χ4v) is 3.55. The van der Waals surface area contributed by atoms with Gasteiger partial charge in [0, 0.05) is 37.3 Å². The highest BCUT2D eigenvalue weighted by Gasteiger charge is 2.23. The second-order valence-corrected chi connectivity index (χ2v) is 6.40. The van der Waals surface area contributed by atoms with E-state index in [9.17, 15) is 4.79 Å². The largest absolute Gasteiger partial charge is 0.351 e. The third-order valence-corrected chi connectivity index (χ3v) is 4.80. The lowest BCUT2D eigenvalue weighted by Gasteiger charge is -2.27. The Balaban J connectivity index is 1.46. The highest BCUT2D eigenvalue weighted by molar-refractivity contribution is 5.87. The van der Waals surface area contributed by atoms with Crippen molar-refractivity contribution < 1.29 is 4.79 Å². The number of benzene rings is 1. The Kier molecular flexibility index (Phi) is 3.76. The van der Waals surface area contributed by atoms with Crippen molar-refractivity contribution in [3.63, 3.8) is 0 Å². The van der Waals surface area contributed by atoms with E-state index in [1.165, 1.54) is 17.2 Å². The normalized spacial score (nSPS) is 16.4. The number of hydrogen-bond donors (Lipinski definition) is 1. The first kappa shape index (κ1) is 14.9. The molecular weight excluding hydrogens is 300 g/mol. The van der Waals surface area contributed by atoms with Crippen LogP contribution in [0.4, 0.5) is 5.95 Å². The Hall–Kier alpha value is -2.69. The molecule has 0 saturated heterocycles. The number of amides is 1. The van der Waals surface area contributed by atoms with Crippen LogP contribution in [0.2, 0.25) is 0 Å². The second kappa shape index (κ2) is 6.07. The zero-order valence-corrected chi connectivity index (χ0v) is 13.5. The van der Waals surface area contributed by atoms with Gasteiger partial charge in [-0.25, -0.2) is 9.97 Å². The summed E-state index contributed by atoms with van der Waals surface area (Å²) in [6.07, 6.45) is 5.99. The Labute approximate surface area is 141 Å². The van der Waals surface area contributed by atoms with E-state index >= 15 is 0 Å². The van der Waals surface area contributed by atoms with Crippen molar-refractivity contribution in [1.29, 1.82) is 0 Å². The minimum atomic E-state index is -0.0356. The molecule has 4 rings (SSSR count). The van der Waals surface area contributed by atoms with Crippen LogP contribution in [0, 0.1) is 0 Å². The molecule has 0 bridgehead atoms. The number of nitrogens with one attached hydrogen (secondary N) is 1. The first-order chi connectivity index (χ1) is 11.7. The van der Waals surface area contributed by atoms with Gasteiger partial charge in [-0.3, -0.25) is 4.79 Å². The number of anilines is 1. The summed E-state index contributed by atoms with van der Waals surface area (Å²) in [4.78, 5) is 22.6. The van der Waals surface area contributed by atoms with E-state index in [0.29, 0.717) is 25.1 Å². The van der Waals surface area contributed by atoms with Crippen molar-refractivity contribution in [3.8, 4) is 0 Å². The van der Waals surface area contributed by atoms with Gasteiger partial charge in [0.05, 0.1) is 5.69 Å². The smallest absolute Gasteiger partial charge is 0.246 e. The van der Waals surface area contributed by atoms with Crippen LogP contribution in [-0.2, 0) is 30.6 Å². The monoisotopic (exact) mass is 320 g/mol. The summed E-state index contributed by atoms with van der Waals surface area (Å²) in [6.45, 7) is 4.80. The molecule has 0 unspecified atom stereocenters. The van der Waals surface area contributed by atoms with E-state index in [1.54, 1.807) is 4.90 Å². The van der Waals surface area contributed by atoms with Crippen LogP contribution < -0.4 is 5.32 Å². The van der Waals surface area contributed by atoms with Gasteiger partial charge < -0.3 is 10.2 Å². The van der Waals surface area contributed by atoms with Gasteiger partial charge in [-0.15, -0.1) is 0 Å². The lowest BCUT2D eigenvalue weighted by atomic mass is 10.1. The first-order valence-electron chi connectivity index (χ1n) is 8.32. The summed E-state index contributed by atoms with van der Waals surface area (Å²) in [5.74, 6) is 0.654. The molecule has 2 aromatic rings. The summed E-state index contributed by atoms with van der Waals surface area (Å²) < 4.78 is 0. The number of nitrogens with zero attached hydrogens (tertiary/aromatic N) is 3. The molecule has 1 aliphatic carbocycles. The molecule has 2 aliphatic rings. The Bertz CT molecular complexity index is 777. The van der Waals surface area contributed by atoms with Crippen molar-refractivity contribution in [2.45, 2.75) is 31.8 Å². The Morgan fingerprint density at radius 1 is 1.25 bits per heavy atom. The van der Waals surface area contributed by atoms with Gasteiger partial charge in [-0.1, -0.05) is 30.8 Å². The van der Waals surface area contributed by atoms with Gasteiger partial charge in [0.15, 0.2) is 0 Å². The van der Waals surface area contributed by atoms with Gasteiger partial charge in [-0.05, 0) is 30.0 Å². The molecule has 0 spiro atoms. The van der Waals surface area contributed by atoms with Crippen molar-refractivity contribution in [2.24, 2.45) is 0 Å². The van der Waals surface area contributed by atoms with E-state index in [-0.39, 0.29) is 5.91 Å². The maximum Gasteiger partial charge on any atom is 0.246 e. The standard InChI is InChI=1S/C19H20N4O/c1-2-18(24)23-8-7-17-15(12-23)11-20-19(22-17)21-16-9-13-5-3-4-6-14(13)10-16/h2-6,11,16H,1,7-10,12H2,(H,20,21,22). The molecule has 24 heavy (non-hydrogen) atoms. The number of aromatic nitrogens is 2. The average molecular weight is 320 g/mol. The lowest BCUT2D eigenvalue weighted by molar-refractivity contribution is -0.126. The highest BCUT2D eigenvalue weighted by Crippen LogP contribution is 2.24. The molecule has 1 aliphatic heterocycles. The van der Waals surface area contributed by atoms with Crippen LogP contribution in [0.5, 0.6) is 0 Å². The fourth-order valence-electron chi connectivity index (χ4n) is 3.55. The molecular formula is C19H20N4O. The number of fused-ring (bicyclic) bond motifs is 2. The Morgan fingerprint density at radius 3 is 2.71 bits per heavy atom. The molecule has 1 N–H and O–H groups in total. The van der Waals surface area contributed by atoms with Crippen molar-refractivity contribution in [1.82, 2.24) is 14.9 Å². The SMILES string of the molecule is C=CC(=O)N1CCc2nc(NC3Cc4ccccc4C3)ncc2C1. The number of hydrogen-bond acceptors (Lipinski definition) is 4. The van der Waals surface area contributed by atoms with E-state index in [2.05, 4.69) is 46.1 Å². The molecule has 5 heteroatoms. The summed E-state index contributed by atoms with van der Waals surface area (Å²) in [7, 11) is 0. The Morgan fingerprint density at radius 2 is 2.00 bits per heavy atom. The minimum Gasteiger partial charge on any atom is -0.351 e. The molecule has 5 nitrogen and oxygen atoms in total. The molecule has 0 atom stereocenters. The predicted molar refractivity (Wildman–Crippen MR) is 92.6 cm³/mol. The van der Waals surface area contributed by atoms with Crippen LogP contribution >= 0.6 is 0 Å². The van der Waals surface area contributed by atoms with Gasteiger partial charge in [-0.2, -0.15) is 0 Å². The van der Waals surface area contributed by atoms with Crippen LogP contribution in [0.3, 0.4) is 0 Å². The van der Waals surface area contributed by atoms with Crippen molar-refractivity contribution in [2.75, 3.05) is 11.9 Å². The highest BCUT2D eigenvalue weighted by atomic mass is 16.2. The van der Waals surface area contributed by atoms with E-state index in [1.807, 2.05) is 6.20 Å². The molecule has 2 heterocycles. The lowest BCUT2D eigenvalue weighted by Crippen LogP contribution is -2.35. The quantitative estimate of drug-likeness (QED) is 0.880. The van der Waals surface area contributed by atoms with E-state index in [0.717, 1.165) is 30.5 Å². The fraction of sp³-hybridized carbons (Fsp3) is 0.316. The molecule has 0 radical (unpaired) electrons. The number of carbonyl (C=O) groups is 1. The van der Waals surface area contributed by atoms with Crippen LogP contribution in [0.15, 0.2) is 43.1 Å². The number of carbonyl (C=O) groups excluding carboxylic acids is 1. The van der Waals surface area contributed by atoms with E-state index in [4.69, 9.17) is 0 Å². The summed E-state index contributed by atoms with van der Waals surface area (Å²) in [6, 6.07) is 8.91. The van der Waals surface area contributed by atoms with Crippen LogP contribution in [0.1, 0.15) is 22.4 Å².